The highest BCUT2D eigenvalue weighted by Gasteiger charge is 2.28. The zero-order valence-electron chi connectivity index (χ0n) is 14.7. The molecule has 26 heavy (non-hydrogen) atoms. The summed E-state index contributed by atoms with van der Waals surface area (Å²) >= 11 is 1.79. The van der Waals surface area contributed by atoms with Crippen LogP contribution in [0.4, 0.5) is 11.5 Å². The topological polar surface area (TPSA) is 36.4 Å². The van der Waals surface area contributed by atoms with Crippen LogP contribution < -0.4 is 9.80 Å². The second kappa shape index (κ2) is 7.30. The van der Waals surface area contributed by atoms with E-state index in [-0.39, 0.29) is 5.91 Å². The second-order valence-corrected chi connectivity index (χ2v) is 7.45. The Balaban J connectivity index is 1.59. The van der Waals surface area contributed by atoms with Gasteiger partial charge in [-0.05, 0) is 48.6 Å². The van der Waals surface area contributed by atoms with Crippen LogP contribution in [0.1, 0.15) is 34.1 Å². The molecular formula is C21H21N3OS. The Bertz CT molecular complexity index is 879. The van der Waals surface area contributed by atoms with Crippen molar-refractivity contribution in [2.75, 3.05) is 23.4 Å². The van der Waals surface area contributed by atoms with Crippen molar-refractivity contribution in [3.8, 4) is 0 Å². The first-order valence-corrected chi connectivity index (χ1v) is 9.71. The molecule has 2 aromatic heterocycles. The van der Waals surface area contributed by atoms with Gasteiger partial charge in [-0.2, -0.15) is 0 Å². The minimum absolute atomic E-state index is 0.0216. The average molecular weight is 363 g/mol. The minimum Gasteiger partial charge on any atom is -0.349 e. The summed E-state index contributed by atoms with van der Waals surface area (Å²) in [6.07, 6.45) is 4.02. The number of hydrogen-bond donors (Lipinski definition) is 0. The van der Waals surface area contributed by atoms with Crippen molar-refractivity contribution < 1.29 is 4.79 Å². The van der Waals surface area contributed by atoms with Crippen LogP contribution >= 0.6 is 11.3 Å². The quantitative estimate of drug-likeness (QED) is 0.670. The summed E-state index contributed by atoms with van der Waals surface area (Å²) < 4.78 is 0. The zero-order chi connectivity index (χ0) is 17.9. The number of rotatable bonds is 4. The van der Waals surface area contributed by atoms with Gasteiger partial charge >= 0.3 is 0 Å². The van der Waals surface area contributed by atoms with E-state index >= 15 is 0 Å². The maximum atomic E-state index is 12.9. The molecule has 1 saturated heterocycles. The molecule has 4 nitrogen and oxygen atoms in total. The average Bonchev–Trinajstić information content (AvgIpc) is 3.39. The lowest BCUT2D eigenvalue weighted by Gasteiger charge is -2.25. The standard InChI is InChI=1S/C21H21N3OS/c1-23(17-7-3-2-4-8-17)21(25)16-11-12-22-20(15-16)24-13-5-9-18(24)19-10-6-14-26-19/h2-4,6-8,10-12,14-15,18H,5,9,13H2,1H3/t18-/m1/s1. The van der Waals surface area contributed by atoms with Gasteiger partial charge in [0, 0.05) is 35.9 Å². The van der Waals surface area contributed by atoms with E-state index < -0.39 is 0 Å². The summed E-state index contributed by atoms with van der Waals surface area (Å²) in [7, 11) is 1.81. The lowest BCUT2D eigenvalue weighted by Crippen LogP contribution is -2.27. The molecule has 0 aliphatic carbocycles. The monoisotopic (exact) mass is 363 g/mol. The largest absolute Gasteiger partial charge is 0.349 e. The Morgan fingerprint density at radius 1 is 1.19 bits per heavy atom. The SMILES string of the molecule is CN(C(=O)c1ccnc(N2CCC[C@@H]2c2cccs2)c1)c1ccccc1. The molecule has 1 atom stereocenters. The molecule has 0 radical (unpaired) electrons. The fraction of sp³-hybridized carbons (Fsp3) is 0.238. The first kappa shape index (κ1) is 16.8. The number of carbonyl (C=O) groups excluding carboxylic acids is 1. The van der Waals surface area contributed by atoms with Crippen LogP contribution in [-0.4, -0.2) is 24.5 Å². The van der Waals surface area contributed by atoms with Gasteiger partial charge < -0.3 is 9.80 Å². The molecule has 3 aromatic rings. The zero-order valence-corrected chi connectivity index (χ0v) is 15.5. The number of aromatic nitrogens is 1. The summed E-state index contributed by atoms with van der Waals surface area (Å²) in [5.41, 5.74) is 1.55. The van der Waals surface area contributed by atoms with Crippen LogP contribution in [-0.2, 0) is 0 Å². The van der Waals surface area contributed by atoms with Crippen molar-refractivity contribution in [2.45, 2.75) is 18.9 Å². The number of hydrogen-bond acceptors (Lipinski definition) is 4. The van der Waals surface area contributed by atoms with Gasteiger partial charge in [-0.1, -0.05) is 24.3 Å². The van der Waals surface area contributed by atoms with Gasteiger partial charge in [-0.25, -0.2) is 4.98 Å². The van der Waals surface area contributed by atoms with Crippen LogP contribution in [0, 0.1) is 0 Å². The van der Waals surface area contributed by atoms with Crippen LogP contribution in [0.5, 0.6) is 0 Å². The molecule has 0 N–H and O–H groups in total. The maximum absolute atomic E-state index is 12.9. The predicted molar refractivity (Wildman–Crippen MR) is 107 cm³/mol. The van der Waals surface area contributed by atoms with Crippen molar-refractivity contribution in [1.82, 2.24) is 4.98 Å². The number of carbonyl (C=O) groups is 1. The number of benzene rings is 1. The highest BCUT2D eigenvalue weighted by atomic mass is 32.1. The molecule has 1 aliphatic rings. The lowest BCUT2D eigenvalue weighted by molar-refractivity contribution is 0.0993. The molecule has 0 unspecified atom stereocenters. The first-order valence-electron chi connectivity index (χ1n) is 8.83. The Morgan fingerprint density at radius 2 is 2.04 bits per heavy atom. The Kier molecular flexibility index (Phi) is 4.71. The van der Waals surface area contributed by atoms with Gasteiger partial charge in [0.15, 0.2) is 0 Å². The molecule has 3 heterocycles. The Hall–Kier alpha value is -2.66. The van der Waals surface area contributed by atoms with E-state index in [0.29, 0.717) is 11.6 Å². The fourth-order valence-electron chi connectivity index (χ4n) is 3.49. The molecule has 4 rings (SSSR count). The minimum atomic E-state index is -0.0216. The van der Waals surface area contributed by atoms with Crippen LogP contribution in [0.2, 0.25) is 0 Å². The molecule has 5 heteroatoms. The predicted octanol–water partition coefficient (Wildman–Crippen LogP) is 4.76. The summed E-state index contributed by atoms with van der Waals surface area (Å²) in [6.45, 7) is 0.974. The van der Waals surface area contributed by atoms with Gasteiger partial charge in [-0.3, -0.25) is 4.79 Å². The van der Waals surface area contributed by atoms with E-state index in [2.05, 4.69) is 27.4 Å². The van der Waals surface area contributed by atoms with E-state index in [1.165, 1.54) is 4.88 Å². The van der Waals surface area contributed by atoms with Crippen LogP contribution in [0.3, 0.4) is 0 Å². The van der Waals surface area contributed by atoms with Crippen LogP contribution in [0.25, 0.3) is 0 Å². The van der Waals surface area contributed by atoms with E-state index in [0.717, 1.165) is 30.9 Å². The highest BCUT2D eigenvalue weighted by molar-refractivity contribution is 7.10. The molecule has 0 bridgehead atoms. The smallest absolute Gasteiger partial charge is 0.258 e. The van der Waals surface area contributed by atoms with Crippen LogP contribution in [0.15, 0.2) is 66.2 Å². The van der Waals surface area contributed by atoms with Crippen molar-refractivity contribution in [1.29, 1.82) is 0 Å². The number of nitrogens with zero attached hydrogens (tertiary/aromatic N) is 3. The summed E-state index contributed by atoms with van der Waals surface area (Å²) in [5, 5.41) is 2.12. The highest BCUT2D eigenvalue weighted by Crippen LogP contribution is 2.37. The maximum Gasteiger partial charge on any atom is 0.258 e. The van der Waals surface area contributed by atoms with Gasteiger partial charge in [-0.15, -0.1) is 11.3 Å². The van der Waals surface area contributed by atoms with E-state index in [1.807, 2.05) is 43.4 Å². The molecule has 1 amide bonds. The number of pyridine rings is 1. The van der Waals surface area contributed by atoms with E-state index in [1.54, 1.807) is 28.5 Å². The molecule has 132 valence electrons. The molecule has 0 saturated carbocycles. The summed E-state index contributed by atoms with van der Waals surface area (Å²) in [6, 6.07) is 18.1. The first-order chi connectivity index (χ1) is 12.7. The van der Waals surface area contributed by atoms with Crippen molar-refractivity contribution >= 4 is 28.7 Å². The third-order valence-electron chi connectivity index (χ3n) is 4.86. The third kappa shape index (κ3) is 3.22. The van der Waals surface area contributed by atoms with E-state index in [4.69, 9.17) is 0 Å². The van der Waals surface area contributed by atoms with Gasteiger partial charge in [0.05, 0.1) is 6.04 Å². The summed E-state index contributed by atoms with van der Waals surface area (Å²) in [4.78, 5) is 22.8. The molecule has 0 spiro atoms. The van der Waals surface area contributed by atoms with Crippen molar-refractivity contribution in [2.24, 2.45) is 0 Å². The third-order valence-corrected chi connectivity index (χ3v) is 5.83. The fourth-order valence-corrected chi connectivity index (χ4v) is 4.36. The van der Waals surface area contributed by atoms with Gasteiger partial charge in [0.25, 0.3) is 5.91 Å². The number of amides is 1. The molecule has 1 aliphatic heterocycles. The van der Waals surface area contributed by atoms with Gasteiger partial charge in [0.2, 0.25) is 0 Å². The molecule has 1 fully saturated rings. The summed E-state index contributed by atoms with van der Waals surface area (Å²) in [5.74, 6) is 0.861. The molecule has 1 aromatic carbocycles. The lowest BCUT2D eigenvalue weighted by atomic mass is 10.1. The van der Waals surface area contributed by atoms with Crippen molar-refractivity contribution in [3.63, 3.8) is 0 Å². The number of anilines is 2. The molecular weight excluding hydrogens is 342 g/mol. The Labute approximate surface area is 157 Å². The van der Waals surface area contributed by atoms with E-state index in [9.17, 15) is 4.79 Å². The van der Waals surface area contributed by atoms with Crippen molar-refractivity contribution in [3.05, 3.63) is 76.6 Å². The Morgan fingerprint density at radius 3 is 2.81 bits per heavy atom. The van der Waals surface area contributed by atoms with Gasteiger partial charge in [0.1, 0.15) is 5.82 Å². The number of thiophene rings is 1. The number of para-hydroxylation sites is 1. The second-order valence-electron chi connectivity index (χ2n) is 6.47. The normalized spacial score (nSPS) is 16.7.